The first-order valence-corrected chi connectivity index (χ1v) is 6.61. The lowest BCUT2D eigenvalue weighted by Crippen LogP contribution is -2.42. The van der Waals surface area contributed by atoms with Crippen LogP contribution in [-0.4, -0.2) is 34.2 Å². The molecule has 20 heavy (non-hydrogen) atoms. The monoisotopic (exact) mass is 277 g/mol. The molecule has 0 saturated carbocycles. The topological polar surface area (TPSA) is 92.6 Å². The minimum Gasteiger partial charge on any atom is -0.423 e. The largest absolute Gasteiger partial charge is 0.423 e. The Morgan fingerprint density at radius 1 is 1.50 bits per heavy atom. The number of piperidine rings is 1. The number of benzene rings is 1. The highest BCUT2D eigenvalue weighted by atomic mass is 16.6. The van der Waals surface area contributed by atoms with Crippen molar-refractivity contribution in [2.24, 2.45) is 0 Å². The van der Waals surface area contributed by atoms with Gasteiger partial charge < -0.3 is 14.4 Å². The van der Waals surface area contributed by atoms with E-state index >= 15 is 0 Å². The van der Waals surface area contributed by atoms with Crippen LogP contribution in [0.25, 0.3) is 11.1 Å². The van der Waals surface area contributed by atoms with Crippen LogP contribution in [0, 0.1) is 10.1 Å². The Balaban J connectivity index is 1.97. The first-order chi connectivity index (χ1) is 9.69. The predicted octanol–water partition coefficient (Wildman–Crippen LogP) is 2.09. The number of hydrogen-bond donors (Lipinski definition) is 1. The molecule has 1 N–H and O–H groups in total. The number of aliphatic hydroxyl groups is 1. The molecular weight excluding hydrogens is 262 g/mol. The summed E-state index contributed by atoms with van der Waals surface area (Å²) in [4.78, 5) is 16.6. The lowest BCUT2D eigenvalue weighted by Gasteiger charge is -2.33. The molecule has 1 fully saturated rings. The van der Waals surface area contributed by atoms with E-state index in [1.807, 2.05) is 4.90 Å². The lowest BCUT2D eigenvalue weighted by atomic mass is 10.0. The molecule has 2 aromatic rings. The number of non-ortho nitro benzene ring substituents is 1. The highest BCUT2D eigenvalue weighted by Gasteiger charge is 2.26. The molecule has 106 valence electrons. The molecule has 0 aliphatic carbocycles. The molecule has 0 unspecified atom stereocenters. The van der Waals surface area contributed by atoms with Crippen molar-refractivity contribution in [3.63, 3.8) is 0 Å². The summed E-state index contributed by atoms with van der Waals surface area (Å²) in [5.74, 6) is 0. The number of hydrogen-bond acceptors (Lipinski definition) is 6. The summed E-state index contributed by atoms with van der Waals surface area (Å²) < 4.78 is 5.66. The molecule has 2 heterocycles. The molecular formula is C13H15N3O4. The molecule has 1 saturated heterocycles. The Kier molecular flexibility index (Phi) is 3.27. The van der Waals surface area contributed by atoms with E-state index in [2.05, 4.69) is 4.98 Å². The van der Waals surface area contributed by atoms with E-state index in [1.54, 1.807) is 6.07 Å². The zero-order chi connectivity index (χ0) is 14.1. The standard InChI is InChI=1S/C13H15N3O4/c17-8-10-3-1-2-6-15(10)13-14-11-7-9(16(18)19)4-5-12(11)20-13/h4-5,7,10,17H,1-3,6,8H2/t10-/m0/s1. The van der Waals surface area contributed by atoms with Gasteiger partial charge >= 0.3 is 0 Å². The summed E-state index contributed by atoms with van der Waals surface area (Å²) in [6.45, 7) is 0.832. The van der Waals surface area contributed by atoms with Crippen LogP contribution in [0.15, 0.2) is 22.6 Å². The van der Waals surface area contributed by atoms with Crippen molar-refractivity contribution >= 4 is 22.8 Å². The Morgan fingerprint density at radius 3 is 3.10 bits per heavy atom. The zero-order valence-electron chi connectivity index (χ0n) is 10.9. The molecule has 0 bridgehead atoms. The lowest BCUT2D eigenvalue weighted by molar-refractivity contribution is -0.384. The smallest absolute Gasteiger partial charge is 0.298 e. The predicted molar refractivity (Wildman–Crippen MR) is 72.7 cm³/mol. The second-order valence-electron chi connectivity index (χ2n) is 4.93. The second-order valence-corrected chi connectivity index (χ2v) is 4.93. The van der Waals surface area contributed by atoms with Gasteiger partial charge in [0.05, 0.1) is 17.6 Å². The minimum absolute atomic E-state index is 0.00491. The van der Waals surface area contributed by atoms with Crippen LogP contribution in [0.4, 0.5) is 11.7 Å². The van der Waals surface area contributed by atoms with Crippen molar-refractivity contribution in [1.29, 1.82) is 0 Å². The van der Waals surface area contributed by atoms with E-state index in [1.165, 1.54) is 12.1 Å². The fraction of sp³-hybridized carbons (Fsp3) is 0.462. The number of aliphatic hydroxyl groups excluding tert-OH is 1. The van der Waals surface area contributed by atoms with Gasteiger partial charge in [0.25, 0.3) is 11.7 Å². The molecule has 1 atom stereocenters. The van der Waals surface area contributed by atoms with Crippen molar-refractivity contribution < 1.29 is 14.4 Å². The Hall–Kier alpha value is -2.15. The zero-order valence-corrected chi connectivity index (χ0v) is 10.9. The maximum atomic E-state index is 10.8. The highest BCUT2D eigenvalue weighted by Crippen LogP contribution is 2.29. The van der Waals surface area contributed by atoms with Crippen molar-refractivity contribution in [2.75, 3.05) is 18.1 Å². The molecule has 7 heteroatoms. The summed E-state index contributed by atoms with van der Waals surface area (Å²) in [6, 6.07) is 4.80. The quantitative estimate of drug-likeness (QED) is 0.682. The number of nitrogens with zero attached hydrogens (tertiary/aromatic N) is 3. The van der Waals surface area contributed by atoms with Gasteiger partial charge in [-0.15, -0.1) is 0 Å². The summed E-state index contributed by atoms with van der Waals surface area (Å²) in [5.41, 5.74) is 0.985. The number of nitro groups is 1. The summed E-state index contributed by atoms with van der Waals surface area (Å²) in [5, 5.41) is 20.2. The third-order valence-corrected chi connectivity index (χ3v) is 3.65. The van der Waals surface area contributed by atoms with E-state index in [0.29, 0.717) is 17.1 Å². The van der Waals surface area contributed by atoms with Crippen molar-refractivity contribution in [1.82, 2.24) is 4.98 Å². The van der Waals surface area contributed by atoms with E-state index < -0.39 is 4.92 Å². The van der Waals surface area contributed by atoms with Crippen LogP contribution >= 0.6 is 0 Å². The van der Waals surface area contributed by atoms with Gasteiger partial charge in [-0.05, 0) is 25.3 Å². The van der Waals surface area contributed by atoms with Gasteiger partial charge in [-0.3, -0.25) is 10.1 Å². The third-order valence-electron chi connectivity index (χ3n) is 3.65. The first-order valence-electron chi connectivity index (χ1n) is 6.61. The number of anilines is 1. The summed E-state index contributed by atoms with van der Waals surface area (Å²) >= 11 is 0. The molecule has 0 radical (unpaired) electrons. The molecule has 7 nitrogen and oxygen atoms in total. The third kappa shape index (κ3) is 2.20. The fourth-order valence-electron chi connectivity index (χ4n) is 2.58. The average Bonchev–Trinajstić information content (AvgIpc) is 2.89. The van der Waals surface area contributed by atoms with Crippen molar-refractivity contribution in [3.05, 3.63) is 28.3 Å². The van der Waals surface area contributed by atoms with Gasteiger partial charge in [0, 0.05) is 18.7 Å². The number of rotatable bonds is 3. The molecule has 0 amide bonds. The minimum atomic E-state index is -0.453. The average molecular weight is 277 g/mol. The number of oxazole rings is 1. The molecule has 3 rings (SSSR count). The fourth-order valence-corrected chi connectivity index (χ4v) is 2.58. The van der Waals surface area contributed by atoms with Crippen LogP contribution in [0.5, 0.6) is 0 Å². The van der Waals surface area contributed by atoms with Gasteiger partial charge in [-0.2, -0.15) is 4.98 Å². The Morgan fingerprint density at radius 2 is 2.35 bits per heavy atom. The van der Waals surface area contributed by atoms with Crippen LogP contribution in [0.1, 0.15) is 19.3 Å². The van der Waals surface area contributed by atoms with Crippen LogP contribution in [0.2, 0.25) is 0 Å². The van der Waals surface area contributed by atoms with Crippen LogP contribution in [-0.2, 0) is 0 Å². The molecule has 1 aromatic heterocycles. The Labute approximate surface area is 115 Å². The van der Waals surface area contributed by atoms with E-state index in [9.17, 15) is 15.2 Å². The van der Waals surface area contributed by atoms with E-state index in [-0.39, 0.29) is 18.3 Å². The number of aromatic nitrogens is 1. The van der Waals surface area contributed by atoms with Gasteiger partial charge in [-0.1, -0.05) is 0 Å². The summed E-state index contributed by atoms with van der Waals surface area (Å²) in [7, 11) is 0. The van der Waals surface area contributed by atoms with Crippen LogP contribution < -0.4 is 4.90 Å². The molecule has 1 aliphatic heterocycles. The van der Waals surface area contributed by atoms with Crippen molar-refractivity contribution in [2.45, 2.75) is 25.3 Å². The number of nitro benzene ring substituents is 1. The second kappa shape index (κ2) is 5.09. The van der Waals surface area contributed by atoms with Gasteiger partial charge in [0.2, 0.25) is 0 Å². The molecule has 1 aromatic carbocycles. The maximum Gasteiger partial charge on any atom is 0.298 e. The van der Waals surface area contributed by atoms with Crippen LogP contribution in [0.3, 0.4) is 0 Å². The van der Waals surface area contributed by atoms with Crippen molar-refractivity contribution in [3.8, 4) is 0 Å². The van der Waals surface area contributed by atoms with Gasteiger partial charge in [-0.25, -0.2) is 0 Å². The SMILES string of the molecule is O=[N+]([O-])c1ccc2oc(N3CCCC[C@H]3CO)nc2c1. The van der Waals surface area contributed by atoms with E-state index in [4.69, 9.17) is 4.42 Å². The van der Waals surface area contributed by atoms with Gasteiger partial charge in [0.1, 0.15) is 5.52 Å². The molecule has 1 aliphatic rings. The first kappa shape index (κ1) is 12.9. The maximum absolute atomic E-state index is 10.8. The Bertz CT molecular complexity index is 640. The molecule has 0 spiro atoms. The van der Waals surface area contributed by atoms with Gasteiger partial charge in [0.15, 0.2) is 5.58 Å². The highest BCUT2D eigenvalue weighted by molar-refractivity contribution is 5.77. The summed E-state index contributed by atoms with van der Waals surface area (Å²) in [6.07, 6.45) is 3.00. The number of fused-ring (bicyclic) bond motifs is 1. The van der Waals surface area contributed by atoms with E-state index in [0.717, 1.165) is 25.8 Å². The normalized spacial score (nSPS) is 19.4.